The number of hydrogen-bond acceptors (Lipinski definition) is 3. The lowest BCUT2D eigenvalue weighted by Crippen LogP contribution is -2.33. The molecular formula is C16H23N3S. The zero-order chi connectivity index (χ0) is 13.9. The average Bonchev–Trinajstić information content (AvgIpc) is 3.23. The molecule has 0 bridgehead atoms. The number of aliphatic imine (C=N–C) groups is 1. The lowest BCUT2D eigenvalue weighted by atomic mass is 10.1. The van der Waals surface area contributed by atoms with Crippen molar-refractivity contribution < 1.29 is 0 Å². The maximum atomic E-state index is 4.76. The Balaban J connectivity index is 1.53. The van der Waals surface area contributed by atoms with E-state index >= 15 is 0 Å². The maximum Gasteiger partial charge on any atom is 0.157 e. The highest BCUT2D eigenvalue weighted by Gasteiger charge is 2.29. The van der Waals surface area contributed by atoms with Gasteiger partial charge in [0.15, 0.2) is 5.17 Å². The smallest absolute Gasteiger partial charge is 0.157 e. The van der Waals surface area contributed by atoms with Gasteiger partial charge in [-0.05, 0) is 32.4 Å². The average molecular weight is 289 g/mol. The molecule has 1 aliphatic carbocycles. The van der Waals surface area contributed by atoms with E-state index in [-0.39, 0.29) is 0 Å². The van der Waals surface area contributed by atoms with Crippen molar-refractivity contribution in [3.05, 3.63) is 35.9 Å². The van der Waals surface area contributed by atoms with Crippen molar-refractivity contribution >= 4 is 16.9 Å². The van der Waals surface area contributed by atoms with E-state index in [2.05, 4.69) is 54.5 Å². The Bertz CT molecular complexity index is 470. The number of amidine groups is 1. The van der Waals surface area contributed by atoms with E-state index in [0.717, 1.165) is 23.5 Å². The molecule has 0 spiro atoms. The normalized spacial score (nSPS) is 25.9. The van der Waals surface area contributed by atoms with Crippen LogP contribution in [0.5, 0.6) is 0 Å². The fourth-order valence-corrected chi connectivity index (χ4v) is 3.53. The first-order valence-corrected chi connectivity index (χ1v) is 8.43. The number of thioether (sulfide) groups is 1. The summed E-state index contributed by atoms with van der Waals surface area (Å²) >= 11 is 1.84. The van der Waals surface area contributed by atoms with E-state index in [0.29, 0.717) is 12.1 Å². The van der Waals surface area contributed by atoms with Crippen LogP contribution in [-0.4, -0.2) is 41.5 Å². The molecule has 2 unspecified atom stereocenters. The Morgan fingerprint density at radius 2 is 2.10 bits per heavy atom. The molecule has 1 aromatic carbocycles. The summed E-state index contributed by atoms with van der Waals surface area (Å²) in [7, 11) is 2.23. The largest absolute Gasteiger partial charge is 0.357 e. The van der Waals surface area contributed by atoms with Crippen LogP contribution in [0.15, 0.2) is 35.3 Å². The first-order chi connectivity index (χ1) is 9.74. The van der Waals surface area contributed by atoms with Crippen LogP contribution >= 0.6 is 11.8 Å². The van der Waals surface area contributed by atoms with Gasteiger partial charge >= 0.3 is 0 Å². The summed E-state index contributed by atoms with van der Waals surface area (Å²) in [5.74, 6) is 1.08. The molecule has 2 fully saturated rings. The van der Waals surface area contributed by atoms with Crippen molar-refractivity contribution in [1.29, 1.82) is 0 Å². The highest BCUT2D eigenvalue weighted by atomic mass is 32.2. The molecule has 1 aliphatic heterocycles. The van der Waals surface area contributed by atoms with Gasteiger partial charge in [-0.25, -0.2) is 0 Å². The Hall–Kier alpha value is -1.00. The highest BCUT2D eigenvalue weighted by Crippen LogP contribution is 2.28. The molecule has 20 heavy (non-hydrogen) atoms. The zero-order valence-corrected chi connectivity index (χ0v) is 13.1. The summed E-state index contributed by atoms with van der Waals surface area (Å²) < 4.78 is 0. The summed E-state index contributed by atoms with van der Waals surface area (Å²) in [5.41, 5.74) is 1.35. The quantitative estimate of drug-likeness (QED) is 0.903. The van der Waals surface area contributed by atoms with Crippen LogP contribution in [0.3, 0.4) is 0 Å². The zero-order valence-electron chi connectivity index (χ0n) is 12.2. The highest BCUT2D eigenvalue weighted by molar-refractivity contribution is 8.14. The summed E-state index contributed by atoms with van der Waals surface area (Å²) in [6.07, 6.45) is 2.72. The molecule has 1 heterocycles. The third kappa shape index (κ3) is 3.36. The first kappa shape index (κ1) is 14.0. The Kier molecular flexibility index (Phi) is 4.32. The molecule has 1 saturated heterocycles. The molecule has 2 aliphatic rings. The van der Waals surface area contributed by atoms with E-state index in [1.807, 2.05) is 11.8 Å². The minimum atomic E-state index is 0.413. The number of hydrogen-bond donors (Lipinski definition) is 1. The van der Waals surface area contributed by atoms with Gasteiger partial charge in [0.1, 0.15) is 0 Å². The third-order valence-electron chi connectivity index (χ3n) is 4.20. The minimum Gasteiger partial charge on any atom is -0.357 e. The molecular weight excluding hydrogens is 266 g/mol. The van der Waals surface area contributed by atoms with E-state index in [1.54, 1.807) is 0 Å². The van der Waals surface area contributed by atoms with Gasteiger partial charge in [-0.1, -0.05) is 42.1 Å². The standard InChI is InChI=1S/C16H23N3S/c1-12(19(2)14-8-9-14)10-17-16-18-15(11-20-16)13-6-4-3-5-7-13/h3-7,12,14-15H,8-11H2,1-2H3,(H,17,18). The van der Waals surface area contributed by atoms with Gasteiger partial charge in [-0.2, -0.15) is 0 Å². The van der Waals surface area contributed by atoms with Crippen LogP contribution in [0.4, 0.5) is 0 Å². The van der Waals surface area contributed by atoms with Crippen molar-refractivity contribution in [3.63, 3.8) is 0 Å². The second-order valence-corrected chi connectivity index (χ2v) is 6.82. The lowest BCUT2D eigenvalue weighted by molar-refractivity contribution is 0.253. The van der Waals surface area contributed by atoms with Crippen LogP contribution in [0.2, 0.25) is 0 Å². The molecule has 0 aromatic heterocycles. The van der Waals surface area contributed by atoms with Crippen molar-refractivity contribution in [1.82, 2.24) is 10.2 Å². The maximum absolute atomic E-state index is 4.76. The number of nitrogens with zero attached hydrogens (tertiary/aromatic N) is 2. The fourth-order valence-electron chi connectivity index (χ4n) is 2.54. The molecule has 0 amide bonds. The number of nitrogens with one attached hydrogen (secondary N) is 1. The Morgan fingerprint density at radius 1 is 1.35 bits per heavy atom. The predicted octanol–water partition coefficient (Wildman–Crippen LogP) is 2.90. The van der Waals surface area contributed by atoms with Crippen LogP contribution in [0.25, 0.3) is 0 Å². The Labute approximate surface area is 125 Å². The van der Waals surface area contributed by atoms with Gasteiger partial charge < -0.3 is 5.32 Å². The molecule has 108 valence electrons. The van der Waals surface area contributed by atoms with E-state index in [4.69, 9.17) is 4.99 Å². The molecule has 1 saturated carbocycles. The fraction of sp³-hybridized carbons (Fsp3) is 0.562. The second kappa shape index (κ2) is 6.19. The van der Waals surface area contributed by atoms with Crippen LogP contribution in [-0.2, 0) is 0 Å². The molecule has 4 heteroatoms. The molecule has 0 radical (unpaired) electrons. The second-order valence-electron chi connectivity index (χ2n) is 5.81. The summed E-state index contributed by atoms with van der Waals surface area (Å²) in [6, 6.07) is 12.4. The summed E-state index contributed by atoms with van der Waals surface area (Å²) in [6.45, 7) is 3.17. The first-order valence-electron chi connectivity index (χ1n) is 7.44. The molecule has 2 atom stereocenters. The van der Waals surface area contributed by atoms with E-state index < -0.39 is 0 Å². The van der Waals surface area contributed by atoms with Crippen LogP contribution < -0.4 is 5.32 Å². The minimum absolute atomic E-state index is 0.413. The van der Waals surface area contributed by atoms with E-state index in [1.165, 1.54) is 18.4 Å². The SMILES string of the molecule is CC(CN=C1NC(c2ccccc2)CS1)N(C)C1CC1. The molecule has 3 rings (SSSR count). The molecule has 1 aromatic rings. The molecule has 1 N–H and O–H groups in total. The van der Waals surface area contributed by atoms with Crippen molar-refractivity contribution in [2.75, 3.05) is 19.3 Å². The van der Waals surface area contributed by atoms with Crippen molar-refractivity contribution in [2.24, 2.45) is 4.99 Å². The number of benzene rings is 1. The number of likely N-dealkylation sites (N-methyl/N-ethyl adjacent to an activating group) is 1. The predicted molar refractivity (Wildman–Crippen MR) is 87.3 cm³/mol. The van der Waals surface area contributed by atoms with Gasteiger partial charge in [0.05, 0.1) is 12.6 Å². The van der Waals surface area contributed by atoms with Gasteiger partial charge in [-0.15, -0.1) is 0 Å². The lowest BCUT2D eigenvalue weighted by Gasteiger charge is -2.22. The van der Waals surface area contributed by atoms with Crippen molar-refractivity contribution in [2.45, 2.75) is 37.9 Å². The van der Waals surface area contributed by atoms with Gasteiger partial charge in [0.25, 0.3) is 0 Å². The van der Waals surface area contributed by atoms with Crippen molar-refractivity contribution in [3.8, 4) is 0 Å². The number of rotatable bonds is 5. The third-order valence-corrected chi connectivity index (χ3v) is 5.22. The Morgan fingerprint density at radius 3 is 2.80 bits per heavy atom. The van der Waals surface area contributed by atoms with Crippen LogP contribution in [0.1, 0.15) is 31.4 Å². The van der Waals surface area contributed by atoms with E-state index in [9.17, 15) is 0 Å². The molecule has 3 nitrogen and oxygen atoms in total. The topological polar surface area (TPSA) is 27.6 Å². The van der Waals surface area contributed by atoms with Gasteiger partial charge in [0.2, 0.25) is 0 Å². The van der Waals surface area contributed by atoms with Crippen LogP contribution in [0, 0.1) is 0 Å². The van der Waals surface area contributed by atoms with Gasteiger partial charge in [-0.3, -0.25) is 9.89 Å². The van der Waals surface area contributed by atoms with Gasteiger partial charge in [0, 0.05) is 17.8 Å². The summed E-state index contributed by atoms with van der Waals surface area (Å²) in [5, 5.41) is 4.65. The monoisotopic (exact) mass is 289 g/mol. The summed E-state index contributed by atoms with van der Waals surface area (Å²) in [4.78, 5) is 7.23.